The second-order valence-corrected chi connectivity index (χ2v) is 3.98. The number of rotatable bonds is 6. The first kappa shape index (κ1) is 18.3. The molecule has 0 aliphatic rings. The zero-order chi connectivity index (χ0) is 15.7. The minimum Gasteiger partial charge on any atom is -0.281 e. The molecule has 0 aromatic carbocycles. The summed E-state index contributed by atoms with van der Waals surface area (Å²) in [5, 5.41) is -1.21. The Morgan fingerprint density at radius 3 is 1.58 bits per heavy atom. The quantitative estimate of drug-likeness (QED) is 0.523. The van der Waals surface area contributed by atoms with Gasteiger partial charge in [0.15, 0.2) is 0 Å². The molecule has 0 atom stereocenters. The molecule has 0 saturated heterocycles. The van der Waals surface area contributed by atoms with Crippen molar-refractivity contribution in [1.82, 2.24) is 0 Å². The largest absolute Gasteiger partial charge is 0.460 e. The molecule has 0 spiro atoms. The number of carbonyl (C=O) groups excluding carboxylic acids is 1. The van der Waals surface area contributed by atoms with Crippen LogP contribution in [0, 0.1) is 0 Å². The Kier molecular flexibility index (Phi) is 5.18. The SMILES string of the molecule is O=C(Cl)CCCC(F)(F)C(F)(F)C(F)(F)C(F)(F)F. The van der Waals surface area contributed by atoms with Crippen LogP contribution >= 0.6 is 11.6 Å². The summed E-state index contributed by atoms with van der Waals surface area (Å²) in [6.07, 6.45) is -10.8. The van der Waals surface area contributed by atoms with Gasteiger partial charge in [-0.2, -0.15) is 39.5 Å². The molecule has 0 saturated carbocycles. The van der Waals surface area contributed by atoms with Crippen LogP contribution in [0.25, 0.3) is 0 Å². The molecular formula is C8H6ClF9O. The monoisotopic (exact) mass is 324 g/mol. The zero-order valence-electron chi connectivity index (χ0n) is 8.81. The third-order valence-corrected chi connectivity index (χ3v) is 2.26. The van der Waals surface area contributed by atoms with Crippen LogP contribution in [0.3, 0.4) is 0 Å². The molecule has 11 heteroatoms. The molecule has 0 aliphatic heterocycles. The predicted octanol–water partition coefficient (Wildman–Crippen LogP) is 4.39. The summed E-state index contributed by atoms with van der Waals surface area (Å²) in [7, 11) is 0. The summed E-state index contributed by atoms with van der Waals surface area (Å²) in [6, 6.07) is 0. The lowest BCUT2D eigenvalue weighted by Crippen LogP contribution is -2.60. The first-order valence-corrected chi connectivity index (χ1v) is 4.93. The Labute approximate surface area is 105 Å². The number of halogens is 10. The second kappa shape index (κ2) is 5.37. The molecular weight excluding hydrogens is 319 g/mol. The molecule has 19 heavy (non-hydrogen) atoms. The van der Waals surface area contributed by atoms with Gasteiger partial charge in [-0.15, -0.1) is 0 Å². The average Bonchev–Trinajstić information content (AvgIpc) is 2.14. The molecule has 0 heterocycles. The maximum Gasteiger partial charge on any atom is 0.460 e. The van der Waals surface area contributed by atoms with E-state index in [1.54, 1.807) is 0 Å². The van der Waals surface area contributed by atoms with Crippen LogP contribution in [0.4, 0.5) is 39.5 Å². The highest BCUT2D eigenvalue weighted by atomic mass is 35.5. The van der Waals surface area contributed by atoms with Gasteiger partial charge in [0, 0.05) is 12.8 Å². The molecule has 0 bridgehead atoms. The van der Waals surface area contributed by atoms with Gasteiger partial charge in [0.1, 0.15) is 0 Å². The third-order valence-electron chi connectivity index (χ3n) is 2.07. The van der Waals surface area contributed by atoms with Crippen molar-refractivity contribution in [2.24, 2.45) is 0 Å². The average molecular weight is 325 g/mol. The van der Waals surface area contributed by atoms with Gasteiger partial charge < -0.3 is 0 Å². The van der Waals surface area contributed by atoms with Crippen LogP contribution in [-0.2, 0) is 4.79 Å². The Balaban J connectivity index is 5.11. The lowest BCUT2D eigenvalue weighted by atomic mass is 9.99. The van der Waals surface area contributed by atoms with Crippen molar-refractivity contribution in [3.63, 3.8) is 0 Å². The van der Waals surface area contributed by atoms with E-state index < -0.39 is 48.4 Å². The normalized spacial score (nSPS) is 14.6. The highest BCUT2D eigenvalue weighted by molar-refractivity contribution is 6.63. The van der Waals surface area contributed by atoms with Gasteiger partial charge in [-0.1, -0.05) is 0 Å². The lowest BCUT2D eigenvalue weighted by Gasteiger charge is -2.33. The highest BCUT2D eigenvalue weighted by Crippen LogP contribution is 2.54. The van der Waals surface area contributed by atoms with Crippen molar-refractivity contribution in [3.8, 4) is 0 Å². The van der Waals surface area contributed by atoms with E-state index in [0.717, 1.165) is 0 Å². The van der Waals surface area contributed by atoms with Crippen LogP contribution in [0.1, 0.15) is 19.3 Å². The summed E-state index contributed by atoms with van der Waals surface area (Å²) in [4.78, 5) is 10.1. The number of alkyl halides is 9. The summed E-state index contributed by atoms with van der Waals surface area (Å²) < 4.78 is 111. The van der Waals surface area contributed by atoms with Crippen molar-refractivity contribution >= 4 is 16.8 Å². The predicted molar refractivity (Wildman–Crippen MR) is 45.6 cm³/mol. The molecule has 0 unspecified atom stereocenters. The maximum absolute atomic E-state index is 12.8. The van der Waals surface area contributed by atoms with Gasteiger partial charge in [-0.3, -0.25) is 4.79 Å². The zero-order valence-corrected chi connectivity index (χ0v) is 9.57. The summed E-state index contributed by atoms with van der Waals surface area (Å²) in [5.74, 6) is -19.2. The van der Waals surface area contributed by atoms with Crippen LogP contribution in [0.5, 0.6) is 0 Å². The van der Waals surface area contributed by atoms with Crippen molar-refractivity contribution in [2.45, 2.75) is 43.2 Å². The highest BCUT2D eigenvalue weighted by Gasteiger charge is 2.81. The Hall–Kier alpha value is -0.670. The molecule has 0 rings (SSSR count). The topological polar surface area (TPSA) is 17.1 Å². The molecule has 0 fully saturated rings. The van der Waals surface area contributed by atoms with E-state index >= 15 is 0 Å². The van der Waals surface area contributed by atoms with Gasteiger partial charge in [0.2, 0.25) is 5.24 Å². The molecule has 0 N–H and O–H groups in total. The molecule has 114 valence electrons. The van der Waals surface area contributed by atoms with E-state index in [9.17, 15) is 44.3 Å². The summed E-state index contributed by atoms with van der Waals surface area (Å²) in [6.45, 7) is 0. The molecule has 0 radical (unpaired) electrons. The van der Waals surface area contributed by atoms with Crippen molar-refractivity contribution in [1.29, 1.82) is 0 Å². The van der Waals surface area contributed by atoms with E-state index in [4.69, 9.17) is 0 Å². The fourth-order valence-electron chi connectivity index (χ4n) is 1.01. The Bertz CT molecular complexity index is 336. The van der Waals surface area contributed by atoms with Crippen LogP contribution in [0.2, 0.25) is 0 Å². The van der Waals surface area contributed by atoms with Crippen molar-refractivity contribution in [3.05, 3.63) is 0 Å². The van der Waals surface area contributed by atoms with E-state index in [0.29, 0.717) is 0 Å². The number of hydrogen-bond donors (Lipinski definition) is 0. The van der Waals surface area contributed by atoms with Crippen molar-refractivity contribution < 1.29 is 44.3 Å². The minimum atomic E-state index is -6.89. The lowest BCUT2D eigenvalue weighted by molar-refractivity contribution is -0.396. The van der Waals surface area contributed by atoms with Gasteiger partial charge in [0.25, 0.3) is 0 Å². The van der Waals surface area contributed by atoms with E-state index in [-0.39, 0.29) is 0 Å². The molecule has 0 aliphatic carbocycles. The van der Waals surface area contributed by atoms with Crippen molar-refractivity contribution in [2.75, 3.05) is 0 Å². The van der Waals surface area contributed by atoms with Gasteiger partial charge in [-0.05, 0) is 18.0 Å². The van der Waals surface area contributed by atoms with Crippen LogP contribution in [-0.4, -0.2) is 29.2 Å². The molecule has 0 aromatic rings. The van der Waals surface area contributed by atoms with Gasteiger partial charge in [0.05, 0.1) is 0 Å². The third kappa shape index (κ3) is 3.67. The smallest absolute Gasteiger partial charge is 0.281 e. The fourth-order valence-corrected chi connectivity index (χ4v) is 1.15. The van der Waals surface area contributed by atoms with Gasteiger partial charge in [-0.25, -0.2) is 0 Å². The summed E-state index contributed by atoms with van der Waals surface area (Å²) in [5.41, 5.74) is 0. The van der Waals surface area contributed by atoms with E-state index in [1.807, 2.05) is 0 Å². The van der Waals surface area contributed by atoms with Gasteiger partial charge >= 0.3 is 23.9 Å². The van der Waals surface area contributed by atoms with Crippen LogP contribution < -0.4 is 0 Å². The Morgan fingerprint density at radius 2 is 1.26 bits per heavy atom. The minimum absolute atomic E-state index is 0.856. The molecule has 0 amide bonds. The maximum atomic E-state index is 12.8. The number of hydrogen-bond acceptors (Lipinski definition) is 1. The fraction of sp³-hybridized carbons (Fsp3) is 0.875. The first-order valence-electron chi connectivity index (χ1n) is 4.55. The standard InChI is InChI=1S/C8H6ClF9O/c9-4(19)2-1-3-5(10,11)6(12,13)7(14,15)8(16,17)18/h1-3H2. The second-order valence-electron chi connectivity index (χ2n) is 3.56. The summed E-state index contributed by atoms with van der Waals surface area (Å²) >= 11 is 4.68. The molecule has 0 aromatic heterocycles. The van der Waals surface area contributed by atoms with E-state index in [1.165, 1.54) is 0 Å². The molecule has 1 nitrogen and oxygen atoms in total. The van der Waals surface area contributed by atoms with Crippen LogP contribution in [0.15, 0.2) is 0 Å². The number of carbonyl (C=O) groups is 1. The van der Waals surface area contributed by atoms with E-state index in [2.05, 4.69) is 11.6 Å². The first-order chi connectivity index (χ1) is 8.17. The Morgan fingerprint density at radius 1 is 0.842 bits per heavy atom.